The van der Waals surface area contributed by atoms with E-state index in [1.165, 1.54) is 36.4 Å². The first-order chi connectivity index (χ1) is 14.7. The van der Waals surface area contributed by atoms with Gasteiger partial charge in [0.25, 0.3) is 0 Å². The molecule has 4 rings (SSSR count). The fourth-order valence-electron chi connectivity index (χ4n) is 3.26. The second-order valence-electron chi connectivity index (χ2n) is 7.85. The Balaban J connectivity index is 1.96. The molecule has 0 atom stereocenters. The zero-order valence-electron chi connectivity index (χ0n) is 17.0. The second kappa shape index (κ2) is 7.60. The summed E-state index contributed by atoms with van der Waals surface area (Å²) in [6, 6.07) is 8.27. The monoisotopic (exact) mass is 415 g/mol. The van der Waals surface area contributed by atoms with E-state index >= 15 is 0 Å². The number of aromatic hydroxyl groups is 4. The number of phenolic OH excluding ortho intramolecular Hbond substituents is 4. The maximum Gasteiger partial charge on any atom is 0.167 e. The van der Waals surface area contributed by atoms with Crippen molar-refractivity contribution in [2.75, 3.05) is 0 Å². The first kappa shape index (κ1) is 20.2. The van der Waals surface area contributed by atoms with E-state index in [1.807, 2.05) is 24.3 Å². The van der Waals surface area contributed by atoms with Gasteiger partial charge in [0.05, 0.1) is 11.1 Å². The van der Waals surface area contributed by atoms with Gasteiger partial charge in [0.1, 0.15) is 23.0 Å². The van der Waals surface area contributed by atoms with Crippen LogP contribution < -0.4 is 0 Å². The van der Waals surface area contributed by atoms with Gasteiger partial charge < -0.3 is 20.4 Å². The van der Waals surface area contributed by atoms with Gasteiger partial charge in [0, 0.05) is 23.1 Å². The summed E-state index contributed by atoms with van der Waals surface area (Å²) >= 11 is 0. The lowest BCUT2D eigenvalue weighted by Crippen LogP contribution is -2.06. The van der Waals surface area contributed by atoms with Crippen molar-refractivity contribution in [1.82, 2.24) is 15.0 Å². The summed E-state index contributed by atoms with van der Waals surface area (Å²) in [6.07, 6.45) is 9.78. The zero-order chi connectivity index (χ0) is 22.2. The van der Waals surface area contributed by atoms with E-state index < -0.39 is 0 Å². The van der Waals surface area contributed by atoms with E-state index in [1.54, 1.807) is 0 Å². The molecule has 31 heavy (non-hydrogen) atoms. The molecule has 2 aromatic carbocycles. The zero-order valence-corrected chi connectivity index (χ0v) is 17.0. The normalized spacial score (nSPS) is 14.8. The highest BCUT2D eigenvalue weighted by atomic mass is 16.3. The van der Waals surface area contributed by atoms with Gasteiger partial charge in [-0.1, -0.05) is 44.2 Å². The molecule has 0 saturated heterocycles. The van der Waals surface area contributed by atoms with Crippen LogP contribution in [0.3, 0.4) is 0 Å². The molecule has 0 aliphatic heterocycles. The number of phenols is 4. The largest absolute Gasteiger partial charge is 0.508 e. The molecule has 3 aromatic rings. The Labute approximate surface area is 179 Å². The summed E-state index contributed by atoms with van der Waals surface area (Å²) in [7, 11) is 0. The molecule has 156 valence electrons. The van der Waals surface area contributed by atoms with Crippen molar-refractivity contribution in [3.8, 4) is 45.8 Å². The summed E-state index contributed by atoms with van der Waals surface area (Å²) in [5.41, 5.74) is 1.11. The van der Waals surface area contributed by atoms with Crippen molar-refractivity contribution < 1.29 is 20.4 Å². The van der Waals surface area contributed by atoms with Crippen LogP contribution in [-0.4, -0.2) is 35.4 Å². The molecule has 0 bridgehead atoms. The number of aromatic nitrogens is 3. The SMILES string of the molecule is CC1(C)C=CC=CC(c2nc(-c3ccc(O)cc3O)nc(-c3ccc(O)cc3O)n2)=C1. The van der Waals surface area contributed by atoms with E-state index in [2.05, 4.69) is 34.9 Å². The highest BCUT2D eigenvalue weighted by molar-refractivity contribution is 5.76. The van der Waals surface area contributed by atoms with Crippen LogP contribution in [0.5, 0.6) is 23.0 Å². The van der Waals surface area contributed by atoms with E-state index in [4.69, 9.17) is 0 Å². The Hall–Kier alpha value is -4.13. The summed E-state index contributed by atoms with van der Waals surface area (Å²) in [5.74, 6) is 0.149. The van der Waals surface area contributed by atoms with Gasteiger partial charge in [-0.3, -0.25) is 0 Å². The Morgan fingerprint density at radius 2 is 1.19 bits per heavy atom. The fourth-order valence-corrected chi connectivity index (χ4v) is 3.26. The lowest BCUT2D eigenvalue weighted by molar-refractivity contribution is 0.451. The molecule has 7 nitrogen and oxygen atoms in total. The van der Waals surface area contributed by atoms with Crippen LogP contribution in [0.4, 0.5) is 0 Å². The molecule has 4 N–H and O–H groups in total. The third-order valence-electron chi connectivity index (χ3n) is 4.78. The third kappa shape index (κ3) is 4.25. The number of hydrogen-bond acceptors (Lipinski definition) is 7. The van der Waals surface area contributed by atoms with Crippen LogP contribution in [0, 0.1) is 5.41 Å². The van der Waals surface area contributed by atoms with E-state index in [9.17, 15) is 20.4 Å². The minimum atomic E-state index is -0.243. The highest BCUT2D eigenvalue weighted by Gasteiger charge is 2.20. The average Bonchev–Trinajstić information content (AvgIpc) is 2.88. The van der Waals surface area contributed by atoms with Gasteiger partial charge in [-0.25, -0.2) is 15.0 Å². The van der Waals surface area contributed by atoms with Gasteiger partial charge in [-0.15, -0.1) is 0 Å². The van der Waals surface area contributed by atoms with Crippen molar-refractivity contribution in [2.24, 2.45) is 5.41 Å². The second-order valence-corrected chi connectivity index (χ2v) is 7.85. The molecular formula is C24H21N3O4. The van der Waals surface area contributed by atoms with Crippen LogP contribution >= 0.6 is 0 Å². The Morgan fingerprint density at radius 1 is 0.677 bits per heavy atom. The predicted molar refractivity (Wildman–Crippen MR) is 117 cm³/mol. The first-order valence-corrected chi connectivity index (χ1v) is 9.62. The Kier molecular flexibility index (Phi) is 4.94. The smallest absolute Gasteiger partial charge is 0.167 e. The molecule has 1 aromatic heterocycles. The number of nitrogens with zero attached hydrogens (tertiary/aromatic N) is 3. The quantitative estimate of drug-likeness (QED) is 0.495. The maximum absolute atomic E-state index is 10.3. The summed E-state index contributed by atoms with van der Waals surface area (Å²) < 4.78 is 0. The summed E-state index contributed by atoms with van der Waals surface area (Å²) in [5, 5.41) is 40.0. The van der Waals surface area contributed by atoms with Gasteiger partial charge >= 0.3 is 0 Å². The van der Waals surface area contributed by atoms with Gasteiger partial charge in [0.15, 0.2) is 17.5 Å². The molecule has 1 heterocycles. The Morgan fingerprint density at radius 3 is 1.71 bits per heavy atom. The fraction of sp³-hybridized carbons (Fsp3) is 0.125. The van der Waals surface area contributed by atoms with Crippen LogP contribution in [0.15, 0.2) is 66.8 Å². The highest BCUT2D eigenvalue weighted by Crippen LogP contribution is 2.35. The van der Waals surface area contributed by atoms with Gasteiger partial charge in [0.2, 0.25) is 0 Å². The molecule has 0 spiro atoms. The van der Waals surface area contributed by atoms with Gasteiger partial charge in [-0.2, -0.15) is 0 Å². The van der Waals surface area contributed by atoms with Crippen LogP contribution in [-0.2, 0) is 0 Å². The molecule has 0 saturated carbocycles. The molecule has 1 aliphatic carbocycles. The van der Waals surface area contributed by atoms with Crippen LogP contribution in [0.1, 0.15) is 19.7 Å². The van der Waals surface area contributed by atoms with Crippen molar-refractivity contribution in [1.29, 1.82) is 0 Å². The number of rotatable bonds is 3. The van der Waals surface area contributed by atoms with Crippen molar-refractivity contribution in [2.45, 2.75) is 13.8 Å². The van der Waals surface area contributed by atoms with Gasteiger partial charge in [-0.05, 0) is 24.3 Å². The van der Waals surface area contributed by atoms with Crippen molar-refractivity contribution >= 4 is 5.57 Å². The standard InChI is InChI=1S/C24H21N3O4/c1-24(2)10-4-3-5-14(13-24)21-25-22(17-8-6-15(28)11-19(17)30)27-23(26-21)18-9-7-16(29)12-20(18)31/h3-13,28-31H,1-2H3. The van der Waals surface area contributed by atoms with Crippen LogP contribution in [0.25, 0.3) is 28.3 Å². The lowest BCUT2D eigenvalue weighted by Gasteiger charge is -2.16. The van der Waals surface area contributed by atoms with Crippen LogP contribution in [0.2, 0.25) is 0 Å². The summed E-state index contributed by atoms with van der Waals surface area (Å²) in [4.78, 5) is 13.5. The molecule has 7 heteroatoms. The predicted octanol–water partition coefficient (Wildman–Crippen LogP) is 4.56. The molecule has 0 fully saturated rings. The topological polar surface area (TPSA) is 120 Å². The first-order valence-electron chi connectivity index (χ1n) is 9.62. The molecule has 0 unspecified atom stereocenters. The summed E-state index contributed by atoms with van der Waals surface area (Å²) in [6.45, 7) is 4.11. The number of hydrogen-bond donors (Lipinski definition) is 4. The molecular weight excluding hydrogens is 394 g/mol. The average molecular weight is 415 g/mol. The minimum Gasteiger partial charge on any atom is -0.508 e. The minimum absolute atomic E-state index is 0.0887. The number of benzene rings is 2. The van der Waals surface area contributed by atoms with Crippen molar-refractivity contribution in [3.63, 3.8) is 0 Å². The Bertz CT molecular complexity index is 1190. The molecule has 0 radical (unpaired) electrons. The van der Waals surface area contributed by atoms with Crippen molar-refractivity contribution in [3.05, 3.63) is 72.6 Å². The molecule has 0 amide bonds. The van der Waals surface area contributed by atoms with E-state index in [-0.39, 0.29) is 40.1 Å². The maximum atomic E-state index is 10.3. The van der Waals surface area contributed by atoms with E-state index in [0.717, 1.165) is 5.57 Å². The molecule has 1 aliphatic rings. The third-order valence-corrected chi connectivity index (χ3v) is 4.78. The number of allylic oxidation sites excluding steroid dienone is 6. The van der Waals surface area contributed by atoms with E-state index in [0.29, 0.717) is 17.0 Å². The lowest BCUT2D eigenvalue weighted by atomic mass is 9.91.